The van der Waals surface area contributed by atoms with Crippen LogP contribution in [0.1, 0.15) is 12.6 Å². The fourth-order valence-corrected chi connectivity index (χ4v) is 1.07. The molecule has 0 bridgehead atoms. The van der Waals surface area contributed by atoms with Gasteiger partial charge in [-0.15, -0.1) is 0 Å². The van der Waals surface area contributed by atoms with E-state index in [9.17, 15) is 0 Å². The second-order valence-electron chi connectivity index (χ2n) is 2.84. The summed E-state index contributed by atoms with van der Waals surface area (Å²) in [5.41, 5.74) is 0.922. The van der Waals surface area contributed by atoms with Gasteiger partial charge < -0.3 is 0 Å². The SMILES string of the molecule is C=CN(C(C)=NC)c1cc(C)ncn1. The van der Waals surface area contributed by atoms with Gasteiger partial charge in [-0.1, -0.05) is 6.58 Å². The Labute approximate surface area is 84.0 Å². The molecule has 0 spiro atoms. The minimum atomic E-state index is 0.788. The summed E-state index contributed by atoms with van der Waals surface area (Å²) in [4.78, 5) is 14.1. The number of hydrogen-bond acceptors (Lipinski definition) is 3. The summed E-state index contributed by atoms with van der Waals surface area (Å²) in [6.07, 6.45) is 3.22. The van der Waals surface area contributed by atoms with E-state index in [-0.39, 0.29) is 0 Å². The van der Waals surface area contributed by atoms with Gasteiger partial charge in [-0.25, -0.2) is 9.97 Å². The summed E-state index contributed by atoms with van der Waals surface area (Å²) >= 11 is 0. The van der Waals surface area contributed by atoms with Gasteiger partial charge in [-0.2, -0.15) is 0 Å². The Morgan fingerprint density at radius 3 is 2.79 bits per heavy atom. The number of aliphatic imine (C=N–C) groups is 1. The van der Waals surface area contributed by atoms with Crippen LogP contribution in [-0.4, -0.2) is 22.9 Å². The number of aryl methyl sites for hydroxylation is 1. The van der Waals surface area contributed by atoms with Crippen LogP contribution in [0.2, 0.25) is 0 Å². The van der Waals surface area contributed by atoms with Crippen LogP contribution in [0, 0.1) is 6.92 Å². The zero-order valence-corrected chi connectivity index (χ0v) is 8.73. The second kappa shape index (κ2) is 4.50. The van der Waals surface area contributed by atoms with E-state index < -0.39 is 0 Å². The number of aromatic nitrogens is 2. The molecule has 0 saturated carbocycles. The van der Waals surface area contributed by atoms with Crippen LogP contribution in [0.25, 0.3) is 0 Å². The molecular formula is C10H14N4. The van der Waals surface area contributed by atoms with Gasteiger partial charge in [0, 0.05) is 25.0 Å². The van der Waals surface area contributed by atoms with Gasteiger partial charge in [0.15, 0.2) is 0 Å². The third kappa shape index (κ3) is 2.16. The topological polar surface area (TPSA) is 41.4 Å². The van der Waals surface area contributed by atoms with Gasteiger partial charge in [0.25, 0.3) is 0 Å². The molecule has 74 valence electrons. The lowest BCUT2D eigenvalue weighted by Gasteiger charge is -2.17. The van der Waals surface area contributed by atoms with Crippen LogP contribution in [0.5, 0.6) is 0 Å². The molecule has 0 atom stereocenters. The van der Waals surface area contributed by atoms with Crippen LogP contribution in [0.4, 0.5) is 5.82 Å². The van der Waals surface area contributed by atoms with E-state index in [4.69, 9.17) is 0 Å². The molecule has 0 aliphatic rings. The van der Waals surface area contributed by atoms with Gasteiger partial charge in [0.1, 0.15) is 18.0 Å². The lowest BCUT2D eigenvalue weighted by molar-refractivity contribution is 1.07. The van der Waals surface area contributed by atoms with Crippen molar-refractivity contribution in [2.45, 2.75) is 13.8 Å². The van der Waals surface area contributed by atoms with Crippen LogP contribution >= 0.6 is 0 Å². The van der Waals surface area contributed by atoms with Crippen molar-refractivity contribution >= 4 is 11.7 Å². The summed E-state index contributed by atoms with van der Waals surface area (Å²) in [5, 5.41) is 0. The molecule has 1 heterocycles. The normalized spacial score (nSPS) is 11.2. The highest BCUT2D eigenvalue weighted by Crippen LogP contribution is 2.11. The molecule has 0 radical (unpaired) electrons. The predicted molar refractivity (Wildman–Crippen MR) is 58.5 cm³/mol. The van der Waals surface area contributed by atoms with Gasteiger partial charge in [-0.3, -0.25) is 9.89 Å². The van der Waals surface area contributed by atoms with Crippen LogP contribution in [0.15, 0.2) is 30.2 Å². The fraction of sp³-hybridized carbons (Fsp3) is 0.300. The Hall–Kier alpha value is -1.71. The number of anilines is 1. The minimum Gasteiger partial charge on any atom is -0.291 e. The highest BCUT2D eigenvalue weighted by molar-refractivity contribution is 5.96. The first-order valence-electron chi connectivity index (χ1n) is 4.33. The average Bonchev–Trinajstić information content (AvgIpc) is 2.19. The molecule has 0 fully saturated rings. The zero-order chi connectivity index (χ0) is 10.6. The average molecular weight is 190 g/mol. The monoisotopic (exact) mass is 190 g/mol. The maximum atomic E-state index is 4.14. The molecule has 4 nitrogen and oxygen atoms in total. The standard InChI is InChI=1S/C10H14N4/c1-5-14(9(3)11-4)10-6-8(2)12-7-13-10/h5-7H,1H2,2-4H3. The van der Waals surface area contributed by atoms with E-state index >= 15 is 0 Å². The van der Waals surface area contributed by atoms with Crippen molar-refractivity contribution in [3.8, 4) is 0 Å². The second-order valence-corrected chi connectivity index (χ2v) is 2.84. The molecule has 0 amide bonds. The Bertz CT molecular complexity index is 357. The largest absolute Gasteiger partial charge is 0.291 e. The Morgan fingerprint density at radius 1 is 1.57 bits per heavy atom. The molecule has 0 unspecified atom stereocenters. The quantitative estimate of drug-likeness (QED) is 0.527. The van der Waals surface area contributed by atoms with Crippen molar-refractivity contribution in [1.82, 2.24) is 9.97 Å². The zero-order valence-electron chi connectivity index (χ0n) is 8.73. The number of nitrogens with zero attached hydrogens (tertiary/aromatic N) is 4. The van der Waals surface area contributed by atoms with Gasteiger partial charge >= 0.3 is 0 Å². The number of hydrogen-bond donors (Lipinski definition) is 0. The lowest BCUT2D eigenvalue weighted by atomic mass is 10.4. The molecule has 4 heteroatoms. The predicted octanol–water partition coefficient (Wildman–Crippen LogP) is 1.78. The van der Waals surface area contributed by atoms with Crippen molar-refractivity contribution in [3.05, 3.63) is 30.9 Å². The minimum absolute atomic E-state index is 0.788. The molecule has 0 aromatic carbocycles. The molecule has 1 aromatic heterocycles. The molecule has 1 rings (SSSR count). The Kier molecular flexibility index (Phi) is 3.34. The van der Waals surface area contributed by atoms with E-state index in [2.05, 4.69) is 21.5 Å². The third-order valence-corrected chi connectivity index (χ3v) is 1.89. The maximum Gasteiger partial charge on any atom is 0.141 e. The van der Waals surface area contributed by atoms with E-state index in [1.807, 2.05) is 24.8 Å². The molecule has 0 aliphatic heterocycles. The van der Waals surface area contributed by atoms with Crippen LogP contribution < -0.4 is 4.90 Å². The molecule has 0 saturated heterocycles. The Balaban J connectivity index is 3.07. The first-order valence-corrected chi connectivity index (χ1v) is 4.33. The highest BCUT2D eigenvalue weighted by atomic mass is 15.2. The van der Waals surface area contributed by atoms with E-state index in [1.165, 1.54) is 6.33 Å². The molecule has 1 aromatic rings. The van der Waals surface area contributed by atoms with Gasteiger partial charge in [0.2, 0.25) is 0 Å². The molecule has 14 heavy (non-hydrogen) atoms. The van der Waals surface area contributed by atoms with E-state index in [1.54, 1.807) is 13.2 Å². The summed E-state index contributed by atoms with van der Waals surface area (Å²) < 4.78 is 0. The van der Waals surface area contributed by atoms with Gasteiger partial charge in [0.05, 0.1) is 0 Å². The molecular weight excluding hydrogens is 176 g/mol. The third-order valence-electron chi connectivity index (χ3n) is 1.89. The Morgan fingerprint density at radius 2 is 2.29 bits per heavy atom. The highest BCUT2D eigenvalue weighted by Gasteiger charge is 2.06. The summed E-state index contributed by atoms with van der Waals surface area (Å²) in [6.45, 7) is 7.54. The molecule has 0 N–H and O–H groups in total. The van der Waals surface area contributed by atoms with Crippen molar-refractivity contribution < 1.29 is 0 Å². The van der Waals surface area contributed by atoms with Gasteiger partial charge in [-0.05, 0) is 13.8 Å². The van der Waals surface area contributed by atoms with Crippen molar-refractivity contribution in [1.29, 1.82) is 0 Å². The summed E-state index contributed by atoms with van der Waals surface area (Å²) in [5.74, 6) is 1.63. The van der Waals surface area contributed by atoms with Crippen LogP contribution in [-0.2, 0) is 0 Å². The summed E-state index contributed by atoms with van der Waals surface area (Å²) in [6, 6.07) is 1.89. The lowest BCUT2D eigenvalue weighted by Crippen LogP contribution is -2.23. The smallest absolute Gasteiger partial charge is 0.141 e. The van der Waals surface area contributed by atoms with Crippen molar-refractivity contribution in [2.75, 3.05) is 11.9 Å². The van der Waals surface area contributed by atoms with Crippen molar-refractivity contribution in [3.63, 3.8) is 0 Å². The summed E-state index contributed by atoms with van der Waals surface area (Å²) in [7, 11) is 1.74. The maximum absolute atomic E-state index is 4.14. The van der Waals surface area contributed by atoms with Crippen LogP contribution in [0.3, 0.4) is 0 Å². The number of amidine groups is 1. The first-order chi connectivity index (χ1) is 6.69. The number of rotatable bonds is 2. The fourth-order valence-electron chi connectivity index (χ4n) is 1.07. The first kappa shape index (κ1) is 10.4. The van der Waals surface area contributed by atoms with Crippen molar-refractivity contribution in [2.24, 2.45) is 4.99 Å². The van der Waals surface area contributed by atoms with E-state index in [0.717, 1.165) is 17.3 Å². The molecule has 0 aliphatic carbocycles. The van der Waals surface area contributed by atoms with E-state index in [0.29, 0.717) is 0 Å².